The van der Waals surface area contributed by atoms with Gasteiger partial charge < -0.3 is 6.74 Å². The van der Waals surface area contributed by atoms with E-state index in [0.717, 1.165) is 26.2 Å². The fourth-order valence-corrected chi connectivity index (χ4v) is 1.81. The molecule has 0 bridgehead atoms. The zero-order chi connectivity index (χ0) is 10.4. The molecule has 0 amide bonds. The summed E-state index contributed by atoms with van der Waals surface area (Å²) in [7, 11) is -3.26. The second-order valence-electron chi connectivity index (χ2n) is 3.26. The van der Waals surface area contributed by atoms with Crippen molar-refractivity contribution in [1.29, 1.82) is 0 Å². The number of rotatable bonds is 5. The van der Waals surface area contributed by atoms with Crippen LogP contribution in [0, 0.1) is 0 Å². The fourth-order valence-electron chi connectivity index (χ4n) is 1.31. The van der Waals surface area contributed by atoms with Crippen molar-refractivity contribution < 1.29 is 43.6 Å². The molecule has 0 spiro atoms. The van der Waals surface area contributed by atoms with Crippen LogP contribution >= 0.6 is 0 Å². The summed E-state index contributed by atoms with van der Waals surface area (Å²) in [6.45, 7) is 6.43. The first-order valence-corrected chi connectivity index (χ1v) is 6.52. The van der Waals surface area contributed by atoms with E-state index in [0.29, 0.717) is 6.54 Å². The summed E-state index contributed by atoms with van der Waals surface area (Å²) in [5.41, 5.74) is 0. The first-order chi connectivity index (χ1) is 6.64. The molecule has 5 nitrogen and oxygen atoms in total. The molecule has 86 valence electrons. The van der Waals surface area contributed by atoms with E-state index in [1.165, 1.54) is 0 Å². The molecule has 1 saturated heterocycles. The molecular weight excluding hydrogens is 227 g/mol. The minimum absolute atomic E-state index is 0. The first-order valence-electron chi connectivity index (χ1n) is 4.94. The second kappa shape index (κ2) is 8.00. The number of hydrogen-bond acceptors (Lipinski definition) is 5. The van der Waals surface area contributed by atoms with Crippen LogP contribution in [0.15, 0.2) is 0 Å². The summed E-state index contributed by atoms with van der Waals surface area (Å²) >= 11 is 0. The van der Waals surface area contributed by atoms with Crippen LogP contribution in [-0.2, 0) is 14.3 Å². The maximum atomic E-state index is 11.0. The largest absolute Gasteiger partial charge is 1.00 e. The van der Waals surface area contributed by atoms with Crippen LogP contribution in [0.2, 0.25) is 0 Å². The average molecular weight is 246 g/mol. The van der Waals surface area contributed by atoms with Gasteiger partial charge in [-0.15, -0.1) is 0 Å². The van der Waals surface area contributed by atoms with E-state index < -0.39 is 10.1 Å². The maximum absolute atomic E-state index is 11.0. The third-order valence-electron chi connectivity index (χ3n) is 2.23. The zero-order valence-corrected chi connectivity index (χ0v) is 12.3. The quantitative estimate of drug-likeness (QED) is 0.401. The Hall–Kier alpha value is 0.830. The molecule has 0 atom stereocenters. The molecule has 0 unspecified atom stereocenters. The molecule has 0 saturated carbocycles. The smallest absolute Gasteiger partial charge is 1.00 e. The minimum atomic E-state index is -3.26. The molecule has 1 heterocycles. The van der Waals surface area contributed by atoms with Crippen molar-refractivity contribution in [1.82, 2.24) is 10.2 Å². The van der Waals surface area contributed by atoms with Gasteiger partial charge in [-0.3, -0.25) is 9.08 Å². The summed E-state index contributed by atoms with van der Waals surface area (Å²) in [6.07, 6.45) is 0. The molecule has 0 aromatic heterocycles. The normalized spacial score (nSPS) is 18.5. The Morgan fingerprint density at radius 3 is 2.53 bits per heavy atom. The predicted octanol–water partition coefficient (Wildman–Crippen LogP) is -3.63. The number of piperazine rings is 1. The third-order valence-corrected chi connectivity index (χ3v) is 3.47. The monoisotopic (exact) mass is 246 g/mol. The third kappa shape index (κ3) is 6.88. The summed E-state index contributed by atoms with van der Waals surface area (Å²) in [6, 6.07) is 0. The Labute approximate surface area is 115 Å². The van der Waals surface area contributed by atoms with Crippen LogP contribution in [0.1, 0.15) is 8.35 Å². The Morgan fingerprint density at radius 1 is 1.40 bits per heavy atom. The van der Waals surface area contributed by atoms with Crippen LogP contribution in [0.4, 0.5) is 0 Å². The van der Waals surface area contributed by atoms with Gasteiger partial charge in [0, 0.05) is 32.7 Å². The van der Waals surface area contributed by atoms with Crippen LogP contribution in [0.25, 0.3) is 0 Å². The van der Waals surface area contributed by atoms with E-state index in [1.807, 2.05) is 0 Å². The molecule has 15 heavy (non-hydrogen) atoms. The maximum Gasteiger partial charge on any atom is 1.00 e. The predicted molar refractivity (Wildman–Crippen MR) is 55.8 cm³/mol. The van der Waals surface area contributed by atoms with Gasteiger partial charge in [0.2, 0.25) is 0 Å². The van der Waals surface area contributed by atoms with Crippen molar-refractivity contribution in [2.24, 2.45) is 0 Å². The van der Waals surface area contributed by atoms with Crippen LogP contribution in [0.3, 0.4) is 0 Å². The molecule has 0 radical (unpaired) electrons. The van der Waals surface area contributed by atoms with Gasteiger partial charge >= 0.3 is 29.6 Å². The number of hydrogen-bond donors (Lipinski definition) is 1. The Balaban J connectivity index is 0. The van der Waals surface area contributed by atoms with Crippen molar-refractivity contribution in [3.63, 3.8) is 0 Å². The molecule has 1 rings (SSSR count). The summed E-state index contributed by atoms with van der Waals surface area (Å²) in [5, 5.41) is 3.23. The van der Waals surface area contributed by atoms with Gasteiger partial charge in [-0.2, -0.15) is 8.42 Å². The van der Waals surface area contributed by atoms with Crippen molar-refractivity contribution >= 4 is 10.1 Å². The molecule has 0 aromatic rings. The number of nitrogens with zero attached hydrogens (tertiary/aromatic N) is 1. The summed E-state index contributed by atoms with van der Waals surface area (Å²) in [5.74, 6) is 0.0502. The van der Waals surface area contributed by atoms with Gasteiger partial charge in [0.1, 0.15) is 0 Å². The molecule has 0 aromatic carbocycles. The molecule has 1 fully saturated rings. The fraction of sp³-hybridized carbons (Fsp3) is 1.00. The first kappa shape index (κ1) is 15.8. The van der Waals surface area contributed by atoms with E-state index in [9.17, 15) is 8.42 Å². The zero-order valence-electron chi connectivity index (χ0n) is 10.5. The van der Waals surface area contributed by atoms with Crippen molar-refractivity contribution in [2.75, 3.05) is 45.1 Å². The van der Waals surface area contributed by atoms with Crippen molar-refractivity contribution in [3.05, 3.63) is 0 Å². The van der Waals surface area contributed by atoms with E-state index >= 15 is 0 Å². The molecule has 1 aliphatic heterocycles. The van der Waals surface area contributed by atoms with E-state index in [1.54, 1.807) is 6.92 Å². The Morgan fingerprint density at radius 2 is 2.00 bits per heavy atom. The standard InChI is InChI=1S/C8H18N2O3S.Na.H/c1-2-14(11,12)13-8-7-10-5-3-9-4-6-10;;/h9H,2-8H2,1H3;;/q;+1;-1. The van der Waals surface area contributed by atoms with E-state index in [2.05, 4.69) is 10.2 Å². The van der Waals surface area contributed by atoms with Crippen LogP contribution < -0.4 is 34.9 Å². The second-order valence-corrected chi connectivity index (χ2v) is 5.19. The molecule has 1 aliphatic rings. The number of nitrogens with one attached hydrogen (secondary N) is 1. The van der Waals surface area contributed by atoms with E-state index in [4.69, 9.17) is 4.18 Å². The SMILES string of the molecule is CCS(=O)(=O)OCCN1CCNCC1.[H-].[Na+]. The minimum Gasteiger partial charge on any atom is -1.00 e. The summed E-state index contributed by atoms with van der Waals surface area (Å²) in [4.78, 5) is 2.20. The topological polar surface area (TPSA) is 58.6 Å². The van der Waals surface area contributed by atoms with Crippen LogP contribution in [-0.4, -0.2) is 58.4 Å². The van der Waals surface area contributed by atoms with E-state index in [-0.39, 0.29) is 43.3 Å². The van der Waals surface area contributed by atoms with Crippen LogP contribution in [0.5, 0.6) is 0 Å². The molecule has 0 aliphatic carbocycles. The van der Waals surface area contributed by atoms with Gasteiger partial charge in [0.25, 0.3) is 10.1 Å². The van der Waals surface area contributed by atoms with Gasteiger partial charge in [0.05, 0.1) is 12.4 Å². The Kier molecular flexibility index (Phi) is 8.44. The van der Waals surface area contributed by atoms with Gasteiger partial charge in [0.15, 0.2) is 0 Å². The van der Waals surface area contributed by atoms with Crippen molar-refractivity contribution in [2.45, 2.75) is 6.92 Å². The van der Waals surface area contributed by atoms with Crippen molar-refractivity contribution in [3.8, 4) is 0 Å². The summed E-state index contributed by atoms with van der Waals surface area (Å²) < 4.78 is 26.8. The van der Waals surface area contributed by atoms with Gasteiger partial charge in [-0.1, -0.05) is 0 Å². The van der Waals surface area contributed by atoms with Gasteiger partial charge in [-0.25, -0.2) is 0 Å². The van der Waals surface area contributed by atoms with Gasteiger partial charge in [-0.05, 0) is 6.92 Å². The Bertz CT molecular complexity index is 258. The molecular formula is C8H19N2NaO3S. The average Bonchev–Trinajstić information content (AvgIpc) is 2.19. The molecule has 7 heteroatoms. The molecule has 1 N–H and O–H groups in total.